The first kappa shape index (κ1) is 15.9. The van der Waals surface area contributed by atoms with Gasteiger partial charge in [0.05, 0.1) is 6.10 Å². The molecule has 0 aromatic heterocycles. The van der Waals surface area contributed by atoms with Gasteiger partial charge in [-0.1, -0.05) is 6.07 Å². The first-order valence-corrected chi connectivity index (χ1v) is 7.11. The van der Waals surface area contributed by atoms with E-state index in [0.29, 0.717) is 6.54 Å². The van der Waals surface area contributed by atoms with Gasteiger partial charge in [-0.25, -0.2) is 8.78 Å². The van der Waals surface area contributed by atoms with Crippen LogP contribution in [0.3, 0.4) is 0 Å². The predicted molar refractivity (Wildman–Crippen MR) is 77.6 cm³/mol. The SMILES string of the molecule is C#CCCN1CCN(CC(O)c2ccc(F)cc2F)CC1. The maximum atomic E-state index is 13.6. The van der Waals surface area contributed by atoms with E-state index >= 15 is 0 Å². The third kappa shape index (κ3) is 4.50. The summed E-state index contributed by atoms with van der Waals surface area (Å²) in [6, 6.07) is 3.27. The average molecular weight is 294 g/mol. The second kappa shape index (κ2) is 7.51. The molecular weight excluding hydrogens is 274 g/mol. The Morgan fingerprint density at radius 1 is 1.19 bits per heavy atom. The summed E-state index contributed by atoms with van der Waals surface area (Å²) in [6.07, 6.45) is 5.04. The second-order valence-corrected chi connectivity index (χ2v) is 5.28. The van der Waals surface area contributed by atoms with Crippen molar-refractivity contribution in [2.24, 2.45) is 0 Å². The second-order valence-electron chi connectivity index (χ2n) is 5.28. The summed E-state index contributed by atoms with van der Waals surface area (Å²) in [7, 11) is 0. The third-order valence-corrected chi connectivity index (χ3v) is 3.79. The van der Waals surface area contributed by atoms with E-state index in [1.807, 2.05) is 0 Å². The molecule has 0 bridgehead atoms. The summed E-state index contributed by atoms with van der Waals surface area (Å²) >= 11 is 0. The van der Waals surface area contributed by atoms with Crippen LogP contribution in [0.15, 0.2) is 18.2 Å². The average Bonchev–Trinajstić information content (AvgIpc) is 2.46. The van der Waals surface area contributed by atoms with E-state index in [4.69, 9.17) is 6.42 Å². The summed E-state index contributed by atoms with van der Waals surface area (Å²) in [5, 5.41) is 10.1. The van der Waals surface area contributed by atoms with Crippen molar-refractivity contribution in [1.82, 2.24) is 9.80 Å². The number of benzene rings is 1. The van der Waals surface area contributed by atoms with Crippen LogP contribution in [0, 0.1) is 24.0 Å². The van der Waals surface area contributed by atoms with Gasteiger partial charge in [-0.2, -0.15) is 0 Å². The number of nitrogens with zero attached hydrogens (tertiary/aromatic N) is 2. The maximum absolute atomic E-state index is 13.6. The zero-order valence-corrected chi connectivity index (χ0v) is 11.9. The largest absolute Gasteiger partial charge is 0.387 e. The first-order chi connectivity index (χ1) is 10.1. The zero-order chi connectivity index (χ0) is 15.2. The maximum Gasteiger partial charge on any atom is 0.131 e. The number of hydrogen-bond donors (Lipinski definition) is 1. The highest BCUT2D eigenvalue weighted by atomic mass is 19.1. The fraction of sp³-hybridized carbons (Fsp3) is 0.500. The Bertz CT molecular complexity index is 507. The van der Waals surface area contributed by atoms with Gasteiger partial charge in [0.15, 0.2) is 0 Å². The molecule has 1 heterocycles. The highest BCUT2D eigenvalue weighted by Gasteiger charge is 2.21. The number of aliphatic hydroxyl groups excluding tert-OH is 1. The van der Waals surface area contributed by atoms with Gasteiger partial charge in [0.2, 0.25) is 0 Å². The lowest BCUT2D eigenvalue weighted by atomic mass is 10.1. The number of piperazine rings is 1. The van der Waals surface area contributed by atoms with Crippen molar-refractivity contribution in [3.8, 4) is 12.3 Å². The standard InChI is InChI=1S/C16H20F2N2O/c1-2-3-6-19-7-9-20(10-8-19)12-16(21)14-5-4-13(17)11-15(14)18/h1,4-5,11,16,21H,3,6-10,12H2. The summed E-state index contributed by atoms with van der Waals surface area (Å²) < 4.78 is 26.5. The van der Waals surface area contributed by atoms with Crippen LogP contribution in [0.4, 0.5) is 8.78 Å². The lowest BCUT2D eigenvalue weighted by Crippen LogP contribution is -2.47. The monoisotopic (exact) mass is 294 g/mol. The molecule has 21 heavy (non-hydrogen) atoms. The van der Waals surface area contributed by atoms with Crippen molar-refractivity contribution >= 4 is 0 Å². The molecule has 1 atom stereocenters. The van der Waals surface area contributed by atoms with Gasteiger partial charge < -0.3 is 5.11 Å². The van der Waals surface area contributed by atoms with Crippen LogP contribution in [0.5, 0.6) is 0 Å². The highest BCUT2D eigenvalue weighted by molar-refractivity contribution is 5.21. The van der Waals surface area contributed by atoms with Gasteiger partial charge in [0, 0.05) is 57.3 Å². The van der Waals surface area contributed by atoms with E-state index < -0.39 is 17.7 Å². The van der Waals surface area contributed by atoms with Crippen molar-refractivity contribution in [1.29, 1.82) is 0 Å². The Hall–Kier alpha value is -1.48. The lowest BCUT2D eigenvalue weighted by Gasteiger charge is -2.35. The molecule has 1 saturated heterocycles. The summed E-state index contributed by atoms with van der Waals surface area (Å²) in [4.78, 5) is 4.36. The molecule has 1 aromatic rings. The molecule has 114 valence electrons. The topological polar surface area (TPSA) is 26.7 Å². The van der Waals surface area contributed by atoms with Crippen LogP contribution in [0.2, 0.25) is 0 Å². The molecule has 0 amide bonds. The van der Waals surface area contributed by atoms with Crippen LogP contribution < -0.4 is 0 Å². The fourth-order valence-electron chi connectivity index (χ4n) is 2.53. The summed E-state index contributed by atoms with van der Waals surface area (Å²) in [6.45, 7) is 4.64. The molecule has 1 N–H and O–H groups in total. The van der Waals surface area contributed by atoms with Gasteiger partial charge >= 0.3 is 0 Å². The Balaban J connectivity index is 1.84. The van der Waals surface area contributed by atoms with Crippen LogP contribution >= 0.6 is 0 Å². The van der Waals surface area contributed by atoms with E-state index in [1.165, 1.54) is 12.1 Å². The molecule has 1 aliphatic rings. The number of aliphatic hydroxyl groups is 1. The number of hydrogen-bond acceptors (Lipinski definition) is 3. The van der Waals surface area contributed by atoms with Gasteiger partial charge in [-0.15, -0.1) is 12.3 Å². The van der Waals surface area contributed by atoms with Crippen molar-refractivity contribution in [3.63, 3.8) is 0 Å². The molecule has 1 fully saturated rings. The number of halogens is 2. The Morgan fingerprint density at radius 2 is 1.86 bits per heavy atom. The van der Waals surface area contributed by atoms with E-state index in [0.717, 1.165) is 45.2 Å². The van der Waals surface area contributed by atoms with Crippen LogP contribution in [-0.4, -0.2) is 54.2 Å². The highest BCUT2D eigenvalue weighted by Crippen LogP contribution is 2.19. The van der Waals surface area contributed by atoms with Gasteiger partial charge in [0.25, 0.3) is 0 Å². The number of β-amino-alcohol motifs (C(OH)–C–C–N with tert-alkyl or cyclic N) is 1. The van der Waals surface area contributed by atoms with E-state index in [2.05, 4.69) is 15.7 Å². The summed E-state index contributed by atoms with van der Waals surface area (Å²) in [5.74, 6) is 1.29. The fourth-order valence-corrected chi connectivity index (χ4v) is 2.53. The minimum atomic E-state index is -0.942. The minimum Gasteiger partial charge on any atom is -0.387 e. The molecular formula is C16H20F2N2O. The van der Waals surface area contributed by atoms with Crippen LogP contribution in [0.1, 0.15) is 18.1 Å². The molecule has 0 aliphatic carbocycles. The quantitative estimate of drug-likeness (QED) is 0.836. The van der Waals surface area contributed by atoms with Crippen molar-refractivity contribution in [2.75, 3.05) is 39.3 Å². The number of terminal acetylenes is 1. The van der Waals surface area contributed by atoms with Crippen molar-refractivity contribution < 1.29 is 13.9 Å². The van der Waals surface area contributed by atoms with Gasteiger partial charge in [0.1, 0.15) is 11.6 Å². The molecule has 1 aliphatic heterocycles. The Kier molecular flexibility index (Phi) is 5.68. The minimum absolute atomic E-state index is 0.145. The molecule has 5 heteroatoms. The van der Waals surface area contributed by atoms with Crippen molar-refractivity contribution in [2.45, 2.75) is 12.5 Å². The molecule has 1 unspecified atom stereocenters. The smallest absolute Gasteiger partial charge is 0.131 e. The third-order valence-electron chi connectivity index (χ3n) is 3.79. The molecule has 0 radical (unpaired) electrons. The van der Waals surface area contributed by atoms with E-state index in [9.17, 15) is 13.9 Å². The molecule has 0 saturated carbocycles. The number of rotatable bonds is 5. The molecule has 1 aromatic carbocycles. The summed E-state index contributed by atoms with van der Waals surface area (Å²) in [5.41, 5.74) is 0.145. The molecule has 3 nitrogen and oxygen atoms in total. The Labute approximate surface area is 124 Å². The first-order valence-electron chi connectivity index (χ1n) is 7.11. The van der Waals surface area contributed by atoms with Crippen LogP contribution in [0.25, 0.3) is 0 Å². The van der Waals surface area contributed by atoms with Gasteiger partial charge in [-0.05, 0) is 6.07 Å². The predicted octanol–water partition coefficient (Wildman–Crippen LogP) is 1.64. The van der Waals surface area contributed by atoms with E-state index in [1.54, 1.807) is 0 Å². The molecule has 0 spiro atoms. The lowest BCUT2D eigenvalue weighted by molar-refractivity contribution is 0.0716. The normalized spacial score (nSPS) is 18.4. The van der Waals surface area contributed by atoms with Crippen molar-refractivity contribution in [3.05, 3.63) is 35.4 Å². The van der Waals surface area contributed by atoms with E-state index in [-0.39, 0.29) is 5.56 Å². The molecule has 2 rings (SSSR count). The zero-order valence-electron chi connectivity index (χ0n) is 11.9. The van der Waals surface area contributed by atoms with Crippen LogP contribution in [-0.2, 0) is 0 Å². The Morgan fingerprint density at radius 3 is 2.48 bits per heavy atom. The van der Waals surface area contributed by atoms with Gasteiger partial charge in [-0.3, -0.25) is 9.80 Å².